The monoisotopic (exact) mass is 370 g/mol. The van der Waals surface area contributed by atoms with E-state index in [0.717, 1.165) is 21.1 Å². The van der Waals surface area contributed by atoms with Crippen LogP contribution in [0.2, 0.25) is 0 Å². The molecule has 2 aromatic heterocycles. The van der Waals surface area contributed by atoms with Gasteiger partial charge >= 0.3 is 0 Å². The molecule has 0 radical (unpaired) electrons. The van der Waals surface area contributed by atoms with E-state index in [0.29, 0.717) is 18.7 Å². The first-order valence-corrected chi connectivity index (χ1v) is 8.00. The molecule has 1 aromatic carbocycles. The Hall–Kier alpha value is -2.47. The Balaban J connectivity index is 1.59. The van der Waals surface area contributed by atoms with Crippen molar-refractivity contribution < 1.29 is 4.79 Å². The number of halogens is 1. The van der Waals surface area contributed by atoms with Crippen molar-refractivity contribution in [3.8, 4) is 0 Å². The number of para-hydroxylation sites is 1. The Morgan fingerprint density at radius 1 is 1.09 bits per heavy atom. The fourth-order valence-electron chi connectivity index (χ4n) is 2.27. The summed E-state index contributed by atoms with van der Waals surface area (Å²) < 4.78 is 0.962. The maximum atomic E-state index is 11.9. The minimum absolute atomic E-state index is 0.123. The van der Waals surface area contributed by atoms with Crippen LogP contribution >= 0.6 is 15.9 Å². The molecular formula is C17H15BrN4O. The molecule has 0 bridgehead atoms. The minimum Gasteiger partial charge on any atom is -0.383 e. The van der Waals surface area contributed by atoms with Crippen LogP contribution in [-0.2, 0) is 0 Å². The van der Waals surface area contributed by atoms with Gasteiger partial charge in [-0.1, -0.05) is 12.1 Å². The molecular weight excluding hydrogens is 356 g/mol. The van der Waals surface area contributed by atoms with Crippen LogP contribution in [-0.4, -0.2) is 29.0 Å². The molecule has 23 heavy (non-hydrogen) atoms. The van der Waals surface area contributed by atoms with E-state index in [1.165, 1.54) is 0 Å². The number of nitrogens with zero attached hydrogens (tertiary/aromatic N) is 2. The third-order valence-corrected chi connectivity index (χ3v) is 4.01. The molecule has 0 saturated carbocycles. The van der Waals surface area contributed by atoms with Crippen LogP contribution < -0.4 is 10.6 Å². The molecule has 0 fully saturated rings. The lowest BCUT2D eigenvalue weighted by molar-refractivity contribution is 0.0955. The lowest BCUT2D eigenvalue weighted by Gasteiger charge is -2.10. The van der Waals surface area contributed by atoms with Gasteiger partial charge in [0.15, 0.2) is 0 Å². The van der Waals surface area contributed by atoms with E-state index >= 15 is 0 Å². The van der Waals surface area contributed by atoms with Gasteiger partial charge in [0.1, 0.15) is 0 Å². The smallest absolute Gasteiger partial charge is 0.252 e. The SMILES string of the molecule is O=C(NCCNc1ccnc2c(Br)cccc12)c1cccnc1. The lowest BCUT2D eigenvalue weighted by atomic mass is 10.2. The van der Waals surface area contributed by atoms with Crippen LogP contribution in [0, 0.1) is 0 Å². The number of amides is 1. The Morgan fingerprint density at radius 2 is 2.00 bits per heavy atom. The van der Waals surface area contributed by atoms with E-state index in [1.54, 1.807) is 30.7 Å². The first kappa shape index (κ1) is 15.4. The predicted octanol–water partition coefficient (Wildman–Crippen LogP) is 3.23. The van der Waals surface area contributed by atoms with Gasteiger partial charge in [-0.3, -0.25) is 14.8 Å². The second-order valence-corrected chi connectivity index (χ2v) is 5.77. The van der Waals surface area contributed by atoms with E-state index in [9.17, 15) is 4.79 Å². The molecule has 3 rings (SSSR count). The van der Waals surface area contributed by atoms with Crippen molar-refractivity contribution in [3.63, 3.8) is 0 Å². The van der Waals surface area contributed by atoms with Gasteiger partial charge < -0.3 is 10.6 Å². The maximum absolute atomic E-state index is 11.9. The van der Waals surface area contributed by atoms with Crippen molar-refractivity contribution in [1.29, 1.82) is 0 Å². The number of pyridine rings is 2. The average Bonchev–Trinajstić information content (AvgIpc) is 2.60. The van der Waals surface area contributed by atoms with Crippen molar-refractivity contribution in [2.75, 3.05) is 18.4 Å². The molecule has 1 amide bonds. The number of anilines is 1. The van der Waals surface area contributed by atoms with Gasteiger partial charge in [0, 0.05) is 47.2 Å². The van der Waals surface area contributed by atoms with E-state index in [1.807, 2.05) is 24.3 Å². The fraction of sp³-hybridized carbons (Fsp3) is 0.118. The number of rotatable bonds is 5. The van der Waals surface area contributed by atoms with Gasteiger partial charge in [-0.15, -0.1) is 0 Å². The molecule has 0 spiro atoms. The van der Waals surface area contributed by atoms with Crippen LogP contribution in [0.5, 0.6) is 0 Å². The second kappa shape index (κ2) is 7.19. The van der Waals surface area contributed by atoms with E-state index in [2.05, 4.69) is 36.5 Å². The summed E-state index contributed by atoms with van der Waals surface area (Å²) in [5.74, 6) is -0.123. The molecule has 2 heterocycles. The van der Waals surface area contributed by atoms with Crippen molar-refractivity contribution >= 4 is 38.4 Å². The molecule has 2 N–H and O–H groups in total. The Labute approximate surface area is 142 Å². The number of hydrogen-bond donors (Lipinski definition) is 2. The van der Waals surface area contributed by atoms with E-state index < -0.39 is 0 Å². The molecule has 0 aliphatic heterocycles. The molecule has 0 atom stereocenters. The van der Waals surface area contributed by atoms with Crippen molar-refractivity contribution in [3.05, 3.63) is 65.0 Å². The summed E-state index contributed by atoms with van der Waals surface area (Å²) in [6.45, 7) is 1.14. The number of aromatic nitrogens is 2. The Kier molecular flexibility index (Phi) is 4.83. The third-order valence-electron chi connectivity index (χ3n) is 3.37. The lowest BCUT2D eigenvalue weighted by Crippen LogP contribution is -2.28. The average molecular weight is 371 g/mol. The summed E-state index contributed by atoms with van der Waals surface area (Å²) in [4.78, 5) is 20.2. The van der Waals surface area contributed by atoms with Gasteiger partial charge in [-0.05, 0) is 40.2 Å². The molecule has 0 aliphatic carbocycles. The van der Waals surface area contributed by atoms with Gasteiger partial charge in [0.05, 0.1) is 11.1 Å². The summed E-state index contributed by atoms with van der Waals surface area (Å²) in [6, 6.07) is 11.4. The Bertz CT molecular complexity index is 823. The summed E-state index contributed by atoms with van der Waals surface area (Å²) in [5.41, 5.74) is 2.47. The number of fused-ring (bicyclic) bond motifs is 1. The summed E-state index contributed by atoms with van der Waals surface area (Å²) in [5, 5.41) is 7.23. The van der Waals surface area contributed by atoms with Crippen LogP contribution in [0.15, 0.2) is 59.5 Å². The highest BCUT2D eigenvalue weighted by atomic mass is 79.9. The zero-order valence-electron chi connectivity index (χ0n) is 12.3. The van der Waals surface area contributed by atoms with Crippen molar-refractivity contribution in [2.24, 2.45) is 0 Å². The summed E-state index contributed by atoms with van der Waals surface area (Å²) in [7, 11) is 0. The maximum Gasteiger partial charge on any atom is 0.252 e. The Morgan fingerprint density at radius 3 is 2.83 bits per heavy atom. The normalized spacial score (nSPS) is 10.5. The number of nitrogens with one attached hydrogen (secondary N) is 2. The van der Waals surface area contributed by atoms with Gasteiger partial charge in [0.25, 0.3) is 5.91 Å². The van der Waals surface area contributed by atoms with E-state index in [4.69, 9.17) is 0 Å². The van der Waals surface area contributed by atoms with Crippen LogP contribution in [0.4, 0.5) is 5.69 Å². The molecule has 5 nitrogen and oxygen atoms in total. The van der Waals surface area contributed by atoms with E-state index in [-0.39, 0.29) is 5.91 Å². The largest absolute Gasteiger partial charge is 0.383 e. The van der Waals surface area contributed by atoms with Crippen molar-refractivity contribution in [2.45, 2.75) is 0 Å². The zero-order chi connectivity index (χ0) is 16.1. The summed E-state index contributed by atoms with van der Waals surface area (Å²) in [6.07, 6.45) is 4.96. The molecule has 0 saturated heterocycles. The van der Waals surface area contributed by atoms with Crippen molar-refractivity contribution in [1.82, 2.24) is 15.3 Å². The molecule has 3 aromatic rings. The standard InChI is InChI=1S/C17H15BrN4O/c18-14-5-1-4-13-15(6-8-21-16(13)14)20-9-10-22-17(23)12-3-2-7-19-11-12/h1-8,11H,9-10H2,(H,20,21)(H,22,23). The first-order chi connectivity index (χ1) is 11.3. The van der Waals surface area contributed by atoms with Gasteiger partial charge in [0.2, 0.25) is 0 Å². The van der Waals surface area contributed by atoms with Crippen LogP contribution in [0.1, 0.15) is 10.4 Å². The highest BCUT2D eigenvalue weighted by Crippen LogP contribution is 2.26. The fourth-order valence-corrected chi connectivity index (χ4v) is 2.74. The highest BCUT2D eigenvalue weighted by molar-refractivity contribution is 9.10. The quantitative estimate of drug-likeness (QED) is 0.676. The number of hydrogen-bond acceptors (Lipinski definition) is 4. The predicted molar refractivity (Wildman–Crippen MR) is 94.5 cm³/mol. The first-order valence-electron chi connectivity index (χ1n) is 7.21. The topological polar surface area (TPSA) is 66.9 Å². The third kappa shape index (κ3) is 3.65. The molecule has 6 heteroatoms. The molecule has 0 aliphatic rings. The number of carbonyl (C=O) groups is 1. The second-order valence-electron chi connectivity index (χ2n) is 4.92. The van der Waals surface area contributed by atoms with Crippen LogP contribution in [0.25, 0.3) is 10.9 Å². The van der Waals surface area contributed by atoms with Crippen LogP contribution in [0.3, 0.4) is 0 Å². The highest BCUT2D eigenvalue weighted by Gasteiger charge is 2.06. The molecule has 0 unspecified atom stereocenters. The number of carbonyl (C=O) groups excluding carboxylic acids is 1. The minimum atomic E-state index is -0.123. The number of benzene rings is 1. The van der Waals surface area contributed by atoms with Gasteiger partial charge in [-0.2, -0.15) is 0 Å². The zero-order valence-corrected chi connectivity index (χ0v) is 13.9. The van der Waals surface area contributed by atoms with Gasteiger partial charge in [-0.25, -0.2) is 0 Å². The molecule has 116 valence electrons. The summed E-state index contributed by atoms with van der Waals surface area (Å²) >= 11 is 3.50.